The van der Waals surface area contributed by atoms with Crippen LogP contribution in [-0.4, -0.2) is 25.1 Å². The van der Waals surface area contributed by atoms with Crippen molar-refractivity contribution in [1.29, 1.82) is 0 Å². The Hall–Kier alpha value is -0.610. The minimum Gasteiger partial charge on any atom is -0.348 e. The second-order valence-electron chi connectivity index (χ2n) is 6.50. The SMILES string of the molecule is CCC(C)c1nc(N2CC3CCCC3C2)sc1CNC. The van der Waals surface area contributed by atoms with E-state index in [2.05, 4.69) is 24.1 Å². The van der Waals surface area contributed by atoms with Gasteiger partial charge in [-0.3, -0.25) is 0 Å². The van der Waals surface area contributed by atoms with E-state index in [0.717, 1.165) is 18.4 Å². The van der Waals surface area contributed by atoms with Gasteiger partial charge < -0.3 is 10.2 Å². The van der Waals surface area contributed by atoms with Gasteiger partial charge in [0, 0.05) is 24.5 Å². The third kappa shape index (κ3) is 2.60. The van der Waals surface area contributed by atoms with Gasteiger partial charge in [-0.2, -0.15) is 0 Å². The van der Waals surface area contributed by atoms with Crippen LogP contribution < -0.4 is 10.2 Å². The van der Waals surface area contributed by atoms with Crippen molar-refractivity contribution in [2.24, 2.45) is 11.8 Å². The molecule has 3 nitrogen and oxygen atoms in total. The molecule has 3 rings (SSSR count). The van der Waals surface area contributed by atoms with Crippen LogP contribution in [0.5, 0.6) is 0 Å². The molecule has 112 valence electrons. The fraction of sp³-hybridized carbons (Fsp3) is 0.812. The number of aromatic nitrogens is 1. The number of nitrogens with zero attached hydrogens (tertiary/aromatic N) is 2. The predicted molar refractivity (Wildman–Crippen MR) is 86.6 cm³/mol. The number of fused-ring (bicyclic) bond motifs is 1. The van der Waals surface area contributed by atoms with Crippen molar-refractivity contribution in [2.45, 2.75) is 52.0 Å². The molecular weight excluding hydrogens is 266 g/mol. The minimum absolute atomic E-state index is 0.574. The smallest absolute Gasteiger partial charge is 0.185 e. The molecule has 0 spiro atoms. The zero-order valence-corrected chi connectivity index (χ0v) is 13.8. The first-order chi connectivity index (χ1) is 9.72. The van der Waals surface area contributed by atoms with Crippen LogP contribution in [0.2, 0.25) is 0 Å². The normalized spacial score (nSPS) is 27.1. The molecule has 2 aliphatic rings. The van der Waals surface area contributed by atoms with Crippen molar-refractivity contribution in [1.82, 2.24) is 10.3 Å². The maximum atomic E-state index is 5.01. The van der Waals surface area contributed by atoms with Crippen LogP contribution in [0.15, 0.2) is 0 Å². The first kappa shape index (κ1) is 14.3. The lowest BCUT2D eigenvalue weighted by Crippen LogP contribution is -2.20. The monoisotopic (exact) mass is 293 g/mol. The molecule has 2 fully saturated rings. The topological polar surface area (TPSA) is 28.2 Å². The van der Waals surface area contributed by atoms with E-state index in [9.17, 15) is 0 Å². The van der Waals surface area contributed by atoms with Crippen LogP contribution in [0.25, 0.3) is 0 Å². The Bertz CT molecular complexity index is 445. The van der Waals surface area contributed by atoms with Crippen molar-refractivity contribution in [3.8, 4) is 0 Å². The largest absolute Gasteiger partial charge is 0.348 e. The number of thiazole rings is 1. The second kappa shape index (κ2) is 6.02. The molecule has 1 saturated carbocycles. The van der Waals surface area contributed by atoms with Gasteiger partial charge in [0.2, 0.25) is 0 Å². The molecule has 1 aliphatic heterocycles. The number of anilines is 1. The highest BCUT2D eigenvalue weighted by atomic mass is 32.1. The van der Waals surface area contributed by atoms with Gasteiger partial charge in [-0.15, -0.1) is 11.3 Å². The van der Waals surface area contributed by atoms with Gasteiger partial charge in [0.1, 0.15) is 0 Å². The Labute approximate surface area is 126 Å². The van der Waals surface area contributed by atoms with Gasteiger partial charge in [-0.05, 0) is 44.1 Å². The van der Waals surface area contributed by atoms with Crippen LogP contribution in [-0.2, 0) is 6.54 Å². The van der Waals surface area contributed by atoms with Gasteiger partial charge in [0.15, 0.2) is 5.13 Å². The maximum Gasteiger partial charge on any atom is 0.185 e. The van der Waals surface area contributed by atoms with Crippen LogP contribution >= 0.6 is 11.3 Å². The number of hydrogen-bond acceptors (Lipinski definition) is 4. The first-order valence-corrected chi connectivity index (χ1v) is 8.93. The van der Waals surface area contributed by atoms with Crippen LogP contribution in [0.4, 0.5) is 5.13 Å². The van der Waals surface area contributed by atoms with E-state index in [-0.39, 0.29) is 0 Å². The van der Waals surface area contributed by atoms with Crippen molar-refractivity contribution in [3.05, 3.63) is 10.6 Å². The molecule has 1 N–H and O–H groups in total. The lowest BCUT2D eigenvalue weighted by molar-refractivity contribution is 0.494. The van der Waals surface area contributed by atoms with E-state index >= 15 is 0 Å². The second-order valence-corrected chi connectivity index (χ2v) is 7.56. The summed E-state index contributed by atoms with van der Waals surface area (Å²) in [6, 6.07) is 0. The molecule has 3 unspecified atom stereocenters. The van der Waals surface area contributed by atoms with E-state index in [0.29, 0.717) is 5.92 Å². The molecule has 2 heterocycles. The molecule has 0 radical (unpaired) electrons. The molecule has 1 aromatic rings. The van der Waals surface area contributed by atoms with Crippen LogP contribution in [0.3, 0.4) is 0 Å². The van der Waals surface area contributed by atoms with Crippen molar-refractivity contribution < 1.29 is 0 Å². The Morgan fingerprint density at radius 1 is 1.35 bits per heavy atom. The molecule has 4 heteroatoms. The minimum atomic E-state index is 0.574. The summed E-state index contributed by atoms with van der Waals surface area (Å²) in [5, 5.41) is 4.58. The Morgan fingerprint density at radius 3 is 2.65 bits per heavy atom. The summed E-state index contributed by atoms with van der Waals surface area (Å²) in [5.74, 6) is 2.46. The fourth-order valence-corrected chi connectivity index (χ4v) is 4.95. The summed E-state index contributed by atoms with van der Waals surface area (Å²) in [5.41, 5.74) is 1.33. The molecule has 3 atom stereocenters. The lowest BCUT2D eigenvalue weighted by atomic mass is 10.0. The van der Waals surface area contributed by atoms with E-state index in [1.54, 1.807) is 0 Å². The maximum absolute atomic E-state index is 5.01. The molecule has 1 aliphatic carbocycles. The highest BCUT2D eigenvalue weighted by Gasteiger charge is 2.37. The van der Waals surface area contributed by atoms with Gasteiger partial charge in [0.05, 0.1) is 5.69 Å². The molecule has 0 aromatic carbocycles. The van der Waals surface area contributed by atoms with Crippen molar-refractivity contribution >= 4 is 16.5 Å². The third-order valence-corrected chi connectivity index (χ3v) is 6.26. The van der Waals surface area contributed by atoms with E-state index < -0.39 is 0 Å². The quantitative estimate of drug-likeness (QED) is 0.899. The zero-order chi connectivity index (χ0) is 14.1. The highest BCUT2D eigenvalue weighted by molar-refractivity contribution is 7.15. The first-order valence-electron chi connectivity index (χ1n) is 8.12. The van der Waals surface area contributed by atoms with Crippen LogP contribution in [0, 0.1) is 11.8 Å². The molecular formula is C16H27N3S. The number of hydrogen-bond donors (Lipinski definition) is 1. The number of nitrogens with one attached hydrogen (secondary N) is 1. The summed E-state index contributed by atoms with van der Waals surface area (Å²) in [6.45, 7) is 8.01. The number of rotatable bonds is 5. The van der Waals surface area contributed by atoms with Gasteiger partial charge in [-0.25, -0.2) is 4.98 Å². The summed E-state index contributed by atoms with van der Waals surface area (Å²) in [4.78, 5) is 9.01. The average Bonchev–Trinajstić information content (AvgIpc) is 3.10. The van der Waals surface area contributed by atoms with Crippen molar-refractivity contribution in [2.75, 3.05) is 25.0 Å². The van der Waals surface area contributed by atoms with E-state index in [4.69, 9.17) is 4.98 Å². The summed E-state index contributed by atoms with van der Waals surface area (Å²) in [6.07, 6.45) is 5.50. The van der Waals surface area contributed by atoms with E-state index in [1.165, 1.54) is 54.5 Å². The molecule has 20 heavy (non-hydrogen) atoms. The predicted octanol–water partition coefficient (Wildman–Crippen LogP) is 3.61. The molecule has 0 bridgehead atoms. The van der Waals surface area contributed by atoms with Crippen molar-refractivity contribution in [3.63, 3.8) is 0 Å². The molecule has 1 aromatic heterocycles. The summed E-state index contributed by atoms with van der Waals surface area (Å²) >= 11 is 1.92. The zero-order valence-electron chi connectivity index (χ0n) is 13.0. The fourth-order valence-electron chi connectivity index (χ4n) is 3.74. The van der Waals surface area contributed by atoms with Gasteiger partial charge >= 0.3 is 0 Å². The third-order valence-electron chi connectivity index (χ3n) is 5.13. The van der Waals surface area contributed by atoms with Crippen LogP contribution in [0.1, 0.15) is 56.0 Å². The molecule has 1 saturated heterocycles. The average molecular weight is 293 g/mol. The van der Waals surface area contributed by atoms with Gasteiger partial charge in [0.25, 0.3) is 0 Å². The molecule has 0 amide bonds. The lowest BCUT2D eigenvalue weighted by Gasteiger charge is -2.15. The highest BCUT2D eigenvalue weighted by Crippen LogP contribution is 2.41. The summed E-state index contributed by atoms with van der Waals surface area (Å²) < 4.78 is 0. The summed E-state index contributed by atoms with van der Waals surface area (Å²) in [7, 11) is 2.03. The standard InChI is InChI=1S/C16H27N3S/c1-4-11(2)15-14(8-17-3)20-16(18-15)19-9-12-6-5-7-13(12)10-19/h11-13,17H,4-10H2,1-3H3. The Balaban J connectivity index is 1.79. The van der Waals surface area contributed by atoms with Gasteiger partial charge in [-0.1, -0.05) is 20.3 Å². The Kier molecular flexibility index (Phi) is 4.32. The van der Waals surface area contributed by atoms with E-state index in [1.807, 2.05) is 18.4 Å². The Morgan fingerprint density at radius 2 is 2.05 bits per heavy atom.